The fraction of sp³-hybridized carbons (Fsp3) is 1.00. The molecule has 2 aliphatic rings. The van der Waals surface area contributed by atoms with Crippen LogP contribution in [0.1, 0.15) is 60.3 Å². The van der Waals surface area contributed by atoms with Gasteiger partial charge in [-0.15, -0.1) is 0 Å². The lowest BCUT2D eigenvalue weighted by Crippen LogP contribution is -2.41. The first-order valence-corrected chi connectivity index (χ1v) is 9.11. The summed E-state index contributed by atoms with van der Waals surface area (Å²) in [7, 11) is 4.37. The third-order valence-corrected chi connectivity index (χ3v) is 6.09. The quantitative estimate of drug-likeness (QED) is 0.690. The van der Waals surface area contributed by atoms with Crippen LogP contribution >= 0.6 is 0 Å². The molecule has 0 spiro atoms. The van der Waals surface area contributed by atoms with E-state index >= 15 is 0 Å². The van der Waals surface area contributed by atoms with E-state index in [1.165, 1.54) is 32.2 Å². The van der Waals surface area contributed by atoms with Gasteiger partial charge < -0.3 is 14.2 Å². The van der Waals surface area contributed by atoms with Gasteiger partial charge in [-0.1, -0.05) is 19.8 Å². The maximum absolute atomic E-state index is 6.10. The third kappa shape index (κ3) is 4.27. The zero-order valence-electron chi connectivity index (χ0n) is 15.8. The van der Waals surface area contributed by atoms with Gasteiger partial charge in [0.15, 0.2) is 0 Å². The summed E-state index contributed by atoms with van der Waals surface area (Å²) < 4.78 is 12.2. The molecule has 0 N–H and O–H groups in total. The molecule has 128 valence electrons. The fourth-order valence-electron chi connectivity index (χ4n) is 4.17. The summed E-state index contributed by atoms with van der Waals surface area (Å²) in [5, 5.41) is 0. The van der Waals surface area contributed by atoms with Gasteiger partial charge in [0, 0.05) is 6.54 Å². The molecule has 0 aromatic rings. The maximum Gasteiger partial charge on any atom is 0.457 e. The molecule has 3 nitrogen and oxygen atoms in total. The standard InChI is InChI=1S/C18H36BNO2/c1-14-11-15(13-20(6)7)12-16(14)9-8-10-19-21-17(2,3)18(4,5)22-19/h14-16H,8-13H2,1-7H3/t14-,15?,16+/m0/s1. The Labute approximate surface area is 138 Å². The van der Waals surface area contributed by atoms with Gasteiger partial charge in [0.05, 0.1) is 11.2 Å². The van der Waals surface area contributed by atoms with Gasteiger partial charge in [-0.25, -0.2) is 0 Å². The van der Waals surface area contributed by atoms with Crippen molar-refractivity contribution in [2.24, 2.45) is 17.8 Å². The normalized spacial score (nSPS) is 33.8. The molecule has 1 aliphatic heterocycles. The van der Waals surface area contributed by atoms with E-state index in [9.17, 15) is 0 Å². The number of nitrogens with zero attached hydrogens (tertiary/aromatic N) is 1. The highest BCUT2D eigenvalue weighted by atomic mass is 16.7. The molecule has 2 rings (SSSR count). The Kier molecular flexibility index (Phi) is 5.67. The molecule has 4 heteroatoms. The Morgan fingerprint density at radius 1 is 1.05 bits per heavy atom. The second-order valence-corrected chi connectivity index (χ2v) is 8.95. The first-order chi connectivity index (χ1) is 10.1. The number of hydrogen-bond acceptors (Lipinski definition) is 3. The minimum Gasteiger partial charge on any atom is -0.403 e. The fourth-order valence-corrected chi connectivity index (χ4v) is 4.17. The van der Waals surface area contributed by atoms with Gasteiger partial charge in [-0.2, -0.15) is 0 Å². The monoisotopic (exact) mass is 309 g/mol. The second-order valence-electron chi connectivity index (χ2n) is 8.95. The van der Waals surface area contributed by atoms with Crippen LogP contribution in [0.15, 0.2) is 0 Å². The van der Waals surface area contributed by atoms with Crippen molar-refractivity contribution in [2.45, 2.75) is 77.8 Å². The van der Waals surface area contributed by atoms with E-state index in [1.54, 1.807) is 0 Å². The highest BCUT2D eigenvalue weighted by molar-refractivity contribution is 6.45. The van der Waals surface area contributed by atoms with Crippen LogP contribution in [-0.2, 0) is 9.31 Å². The van der Waals surface area contributed by atoms with Gasteiger partial charge in [-0.3, -0.25) is 0 Å². The lowest BCUT2D eigenvalue weighted by molar-refractivity contribution is 0.00578. The Hall–Kier alpha value is -0.0551. The largest absolute Gasteiger partial charge is 0.457 e. The molecule has 1 heterocycles. The first kappa shape index (κ1) is 18.3. The van der Waals surface area contributed by atoms with Crippen molar-refractivity contribution < 1.29 is 9.31 Å². The van der Waals surface area contributed by atoms with Gasteiger partial charge in [-0.05, 0) is 78.7 Å². The summed E-state index contributed by atoms with van der Waals surface area (Å²) in [5.41, 5.74) is -0.371. The van der Waals surface area contributed by atoms with E-state index in [2.05, 4.69) is 53.6 Å². The van der Waals surface area contributed by atoms with Crippen molar-refractivity contribution in [3.8, 4) is 0 Å². The zero-order valence-corrected chi connectivity index (χ0v) is 15.8. The number of rotatable bonds is 6. The van der Waals surface area contributed by atoms with Crippen LogP contribution in [0, 0.1) is 17.8 Å². The summed E-state index contributed by atoms with van der Waals surface area (Å²) in [6, 6.07) is 0. The average Bonchev–Trinajstić information content (AvgIpc) is 2.76. The van der Waals surface area contributed by atoms with Crippen LogP contribution in [0.25, 0.3) is 0 Å². The van der Waals surface area contributed by atoms with E-state index in [1.807, 2.05) is 0 Å². The Morgan fingerprint density at radius 3 is 2.18 bits per heavy atom. The molecule has 3 atom stereocenters. The predicted octanol–water partition coefficient (Wildman–Crippen LogP) is 4.08. The van der Waals surface area contributed by atoms with Crippen molar-refractivity contribution in [1.82, 2.24) is 4.90 Å². The predicted molar refractivity (Wildman–Crippen MR) is 94.1 cm³/mol. The molecule has 0 bridgehead atoms. The van der Waals surface area contributed by atoms with Crippen LogP contribution in [0.5, 0.6) is 0 Å². The molecule has 1 saturated carbocycles. The molecule has 22 heavy (non-hydrogen) atoms. The summed E-state index contributed by atoms with van der Waals surface area (Å²) in [6.07, 6.45) is 6.40. The molecule has 1 saturated heterocycles. The van der Waals surface area contributed by atoms with Crippen molar-refractivity contribution >= 4 is 7.12 Å². The highest BCUT2D eigenvalue weighted by Crippen LogP contribution is 2.41. The summed E-state index contributed by atoms with van der Waals surface area (Å²) >= 11 is 0. The van der Waals surface area contributed by atoms with E-state index in [-0.39, 0.29) is 18.3 Å². The van der Waals surface area contributed by atoms with Crippen molar-refractivity contribution in [3.63, 3.8) is 0 Å². The lowest BCUT2D eigenvalue weighted by Gasteiger charge is -2.32. The van der Waals surface area contributed by atoms with Crippen molar-refractivity contribution in [1.29, 1.82) is 0 Å². The Balaban J connectivity index is 1.71. The summed E-state index contributed by atoms with van der Waals surface area (Å²) in [5.74, 6) is 2.67. The van der Waals surface area contributed by atoms with Crippen molar-refractivity contribution in [3.05, 3.63) is 0 Å². The molecule has 0 radical (unpaired) electrons. The number of hydrogen-bond donors (Lipinski definition) is 0. The van der Waals surface area contributed by atoms with Crippen LogP contribution < -0.4 is 0 Å². The van der Waals surface area contributed by atoms with Gasteiger partial charge in [0.25, 0.3) is 0 Å². The van der Waals surface area contributed by atoms with Crippen LogP contribution in [0.3, 0.4) is 0 Å². The maximum atomic E-state index is 6.10. The van der Waals surface area contributed by atoms with Crippen LogP contribution in [-0.4, -0.2) is 43.9 Å². The zero-order chi connectivity index (χ0) is 16.5. The third-order valence-electron chi connectivity index (χ3n) is 6.09. The van der Waals surface area contributed by atoms with E-state index in [0.29, 0.717) is 0 Å². The molecular weight excluding hydrogens is 273 g/mol. The minimum atomic E-state index is -0.185. The van der Waals surface area contributed by atoms with Gasteiger partial charge in [0.1, 0.15) is 0 Å². The molecule has 1 aliphatic carbocycles. The van der Waals surface area contributed by atoms with E-state index < -0.39 is 0 Å². The SMILES string of the molecule is C[C@H]1CC(CN(C)C)C[C@H]1CCCB1OC(C)(C)C(C)(C)O1. The van der Waals surface area contributed by atoms with E-state index in [4.69, 9.17) is 9.31 Å². The van der Waals surface area contributed by atoms with Gasteiger partial charge >= 0.3 is 7.12 Å². The molecule has 1 unspecified atom stereocenters. The molecule has 0 aromatic heterocycles. The van der Waals surface area contributed by atoms with Gasteiger partial charge in [0.2, 0.25) is 0 Å². The van der Waals surface area contributed by atoms with Crippen LogP contribution in [0.2, 0.25) is 6.32 Å². The topological polar surface area (TPSA) is 21.7 Å². The van der Waals surface area contributed by atoms with Crippen LogP contribution in [0.4, 0.5) is 0 Å². The average molecular weight is 309 g/mol. The molecule has 2 fully saturated rings. The summed E-state index contributed by atoms with van der Waals surface area (Å²) in [4.78, 5) is 2.34. The smallest absolute Gasteiger partial charge is 0.403 e. The lowest BCUT2D eigenvalue weighted by atomic mass is 9.80. The molecule has 0 aromatic carbocycles. The highest BCUT2D eigenvalue weighted by Gasteiger charge is 2.50. The Morgan fingerprint density at radius 2 is 1.64 bits per heavy atom. The summed E-state index contributed by atoms with van der Waals surface area (Å²) in [6.45, 7) is 12.2. The van der Waals surface area contributed by atoms with E-state index in [0.717, 1.165) is 24.1 Å². The van der Waals surface area contributed by atoms with Crippen molar-refractivity contribution in [2.75, 3.05) is 20.6 Å². The molecule has 0 amide bonds. The first-order valence-electron chi connectivity index (χ1n) is 9.11. The Bertz CT molecular complexity index is 354. The molecular formula is C18H36BNO2. The second kappa shape index (κ2) is 6.82. The minimum absolute atomic E-state index is 0.0146.